The van der Waals surface area contributed by atoms with E-state index in [2.05, 4.69) is 29.2 Å². The van der Waals surface area contributed by atoms with Crippen molar-refractivity contribution in [3.05, 3.63) is 53.5 Å². The molecule has 1 amide bonds. The van der Waals surface area contributed by atoms with Crippen molar-refractivity contribution >= 4 is 17.2 Å². The van der Waals surface area contributed by atoms with E-state index >= 15 is 0 Å². The third-order valence-corrected chi connectivity index (χ3v) is 5.51. The fraction of sp³-hybridized carbons (Fsp3) is 0.409. The first-order valence-corrected chi connectivity index (χ1v) is 10.1. The van der Waals surface area contributed by atoms with Gasteiger partial charge >= 0.3 is 0 Å². The number of rotatable bonds is 3. The van der Waals surface area contributed by atoms with Gasteiger partial charge in [0, 0.05) is 36.0 Å². The Bertz CT molecular complexity index is 1120. The molecular formula is C22H24N4O4. The molecule has 8 nitrogen and oxygen atoms in total. The van der Waals surface area contributed by atoms with Gasteiger partial charge < -0.3 is 19.5 Å². The molecule has 5 rings (SSSR count). The highest BCUT2D eigenvalue weighted by Crippen LogP contribution is 2.41. The van der Waals surface area contributed by atoms with Crippen LogP contribution in [0.4, 0.5) is 5.69 Å². The number of benzene rings is 1. The second kappa shape index (κ2) is 7.07. The zero-order valence-electron chi connectivity index (χ0n) is 17.2. The van der Waals surface area contributed by atoms with E-state index in [1.807, 2.05) is 19.1 Å². The summed E-state index contributed by atoms with van der Waals surface area (Å²) in [6, 6.07) is 5.79. The number of amides is 1. The number of carbonyl (C=O) groups excluding carboxylic acids is 1. The van der Waals surface area contributed by atoms with Crippen molar-refractivity contribution in [3.63, 3.8) is 0 Å². The molecule has 0 bridgehead atoms. The normalized spacial score (nSPS) is 22.5. The van der Waals surface area contributed by atoms with Gasteiger partial charge in [0.05, 0.1) is 19.4 Å². The van der Waals surface area contributed by atoms with Crippen molar-refractivity contribution in [2.75, 3.05) is 18.5 Å². The largest absolute Gasteiger partial charge is 0.487 e. The molecule has 0 aliphatic carbocycles. The van der Waals surface area contributed by atoms with Crippen LogP contribution in [0, 0.1) is 0 Å². The Kier molecular flexibility index (Phi) is 4.48. The van der Waals surface area contributed by atoms with Crippen LogP contribution < -0.4 is 10.1 Å². The van der Waals surface area contributed by atoms with E-state index in [4.69, 9.17) is 14.2 Å². The first-order valence-electron chi connectivity index (χ1n) is 10.1. The van der Waals surface area contributed by atoms with Crippen molar-refractivity contribution < 1.29 is 19.0 Å². The maximum Gasteiger partial charge on any atom is 0.261 e. The van der Waals surface area contributed by atoms with Gasteiger partial charge in [-0.25, -0.2) is 9.50 Å². The third-order valence-electron chi connectivity index (χ3n) is 5.51. The van der Waals surface area contributed by atoms with Crippen LogP contribution in [0.5, 0.6) is 5.75 Å². The van der Waals surface area contributed by atoms with Crippen LogP contribution in [0.2, 0.25) is 0 Å². The van der Waals surface area contributed by atoms with Crippen LogP contribution in [0.15, 0.2) is 36.8 Å². The van der Waals surface area contributed by atoms with E-state index in [0.29, 0.717) is 24.4 Å². The number of ether oxygens (including phenoxy) is 3. The van der Waals surface area contributed by atoms with Gasteiger partial charge in [0.2, 0.25) is 0 Å². The SMILES string of the molecule is CC1(C)Cc2cc(NC(=O)c3cnn4cccnc34)c([C@H]3CO[C@@H](C)OC3)cc2O1. The molecule has 2 aromatic heterocycles. The van der Waals surface area contributed by atoms with Crippen LogP contribution >= 0.6 is 0 Å². The maximum atomic E-state index is 13.1. The first kappa shape index (κ1) is 19.0. The number of hydrogen-bond donors (Lipinski definition) is 1. The van der Waals surface area contributed by atoms with Gasteiger partial charge in [0.15, 0.2) is 11.9 Å². The molecule has 1 saturated heterocycles. The summed E-state index contributed by atoms with van der Waals surface area (Å²) in [6.07, 6.45) is 5.49. The molecular weight excluding hydrogens is 384 g/mol. The second-order valence-corrected chi connectivity index (χ2v) is 8.42. The number of nitrogens with one attached hydrogen (secondary N) is 1. The van der Waals surface area contributed by atoms with Gasteiger partial charge in [-0.1, -0.05) is 0 Å². The number of fused-ring (bicyclic) bond motifs is 2. The Balaban J connectivity index is 1.51. The van der Waals surface area contributed by atoms with Gasteiger partial charge in [-0.15, -0.1) is 0 Å². The summed E-state index contributed by atoms with van der Waals surface area (Å²) in [7, 11) is 0. The lowest BCUT2D eigenvalue weighted by molar-refractivity contribution is -0.176. The van der Waals surface area contributed by atoms with Gasteiger partial charge in [0.1, 0.15) is 16.9 Å². The predicted octanol–water partition coefficient (Wildman–Crippen LogP) is 3.17. The van der Waals surface area contributed by atoms with Gasteiger partial charge in [0.25, 0.3) is 5.91 Å². The number of anilines is 1. The Morgan fingerprint density at radius 1 is 1.27 bits per heavy atom. The number of carbonyl (C=O) groups is 1. The maximum absolute atomic E-state index is 13.1. The smallest absolute Gasteiger partial charge is 0.261 e. The minimum absolute atomic E-state index is 0.00357. The molecule has 2 aliphatic heterocycles. The molecule has 0 unspecified atom stereocenters. The molecule has 4 heterocycles. The summed E-state index contributed by atoms with van der Waals surface area (Å²) in [5.41, 5.74) is 3.41. The van der Waals surface area contributed by atoms with E-state index in [9.17, 15) is 4.79 Å². The van der Waals surface area contributed by atoms with Crippen LogP contribution in [0.3, 0.4) is 0 Å². The lowest BCUT2D eigenvalue weighted by Crippen LogP contribution is -2.29. The van der Waals surface area contributed by atoms with Crippen molar-refractivity contribution in [2.45, 2.75) is 45.0 Å². The molecule has 0 spiro atoms. The standard InChI is InChI=1S/C22H24N4O4/c1-13-28-11-15(12-29-13)16-8-19-14(9-22(2,3)30-19)7-18(16)25-21(27)17-10-24-26-6-4-5-23-20(17)26/h4-8,10,13,15H,9,11-12H2,1-3H3,(H,25,27)/t13-,15+. The molecule has 0 atom stereocenters. The molecule has 2 aliphatic rings. The number of nitrogens with zero attached hydrogens (tertiary/aromatic N) is 3. The van der Waals surface area contributed by atoms with E-state index < -0.39 is 0 Å². The molecule has 1 aromatic carbocycles. The summed E-state index contributed by atoms with van der Waals surface area (Å²) in [5.74, 6) is 0.592. The summed E-state index contributed by atoms with van der Waals surface area (Å²) in [6.45, 7) is 7.04. The Labute approximate surface area is 174 Å². The van der Waals surface area contributed by atoms with Crippen LogP contribution in [0.25, 0.3) is 5.65 Å². The molecule has 0 radical (unpaired) electrons. The van der Waals surface area contributed by atoms with Crippen LogP contribution in [-0.4, -0.2) is 45.6 Å². The molecule has 0 saturated carbocycles. The molecule has 1 fully saturated rings. The minimum atomic E-state index is -0.275. The molecule has 3 aromatic rings. The predicted molar refractivity (Wildman–Crippen MR) is 110 cm³/mol. The summed E-state index contributed by atoms with van der Waals surface area (Å²) in [5, 5.41) is 7.28. The minimum Gasteiger partial charge on any atom is -0.487 e. The fourth-order valence-corrected chi connectivity index (χ4v) is 4.07. The monoisotopic (exact) mass is 408 g/mol. The van der Waals surface area contributed by atoms with Gasteiger partial charge in [-0.2, -0.15) is 5.10 Å². The zero-order chi connectivity index (χ0) is 20.9. The number of hydrogen-bond acceptors (Lipinski definition) is 6. The highest BCUT2D eigenvalue weighted by Gasteiger charge is 2.33. The lowest BCUT2D eigenvalue weighted by Gasteiger charge is -2.29. The summed E-state index contributed by atoms with van der Waals surface area (Å²) < 4.78 is 19.1. The number of aromatic nitrogens is 3. The van der Waals surface area contributed by atoms with Gasteiger partial charge in [-0.05, 0) is 44.5 Å². The average molecular weight is 408 g/mol. The molecule has 30 heavy (non-hydrogen) atoms. The summed E-state index contributed by atoms with van der Waals surface area (Å²) in [4.78, 5) is 17.4. The van der Waals surface area contributed by atoms with E-state index in [1.54, 1.807) is 23.0 Å². The van der Waals surface area contributed by atoms with Crippen molar-refractivity contribution in [1.82, 2.24) is 14.6 Å². The zero-order valence-corrected chi connectivity index (χ0v) is 17.2. The van der Waals surface area contributed by atoms with E-state index in [1.165, 1.54) is 6.20 Å². The third kappa shape index (κ3) is 3.42. The first-order chi connectivity index (χ1) is 14.4. The van der Waals surface area contributed by atoms with Gasteiger partial charge in [-0.3, -0.25) is 4.79 Å². The van der Waals surface area contributed by atoms with Crippen LogP contribution in [0.1, 0.15) is 48.2 Å². The highest BCUT2D eigenvalue weighted by molar-refractivity contribution is 6.08. The van der Waals surface area contributed by atoms with Crippen LogP contribution in [-0.2, 0) is 15.9 Å². The average Bonchev–Trinajstić information content (AvgIpc) is 3.27. The fourth-order valence-electron chi connectivity index (χ4n) is 4.07. The highest BCUT2D eigenvalue weighted by atomic mass is 16.7. The molecule has 156 valence electrons. The molecule has 8 heteroatoms. The topological polar surface area (TPSA) is 87.0 Å². The Morgan fingerprint density at radius 2 is 2.07 bits per heavy atom. The van der Waals surface area contributed by atoms with Crippen molar-refractivity contribution in [2.24, 2.45) is 0 Å². The Morgan fingerprint density at radius 3 is 2.87 bits per heavy atom. The quantitative estimate of drug-likeness (QED) is 0.716. The van der Waals surface area contributed by atoms with E-state index in [-0.39, 0.29) is 23.7 Å². The van der Waals surface area contributed by atoms with Crippen molar-refractivity contribution in [1.29, 1.82) is 0 Å². The Hall–Kier alpha value is -2.97. The van der Waals surface area contributed by atoms with Crippen molar-refractivity contribution in [3.8, 4) is 5.75 Å². The second-order valence-electron chi connectivity index (χ2n) is 8.42. The lowest BCUT2D eigenvalue weighted by atomic mass is 9.94. The summed E-state index contributed by atoms with van der Waals surface area (Å²) >= 11 is 0. The molecule has 1 N–H and O–H groups in total. The van der Waals surface area contributed by atoms with E-state index in [0.717, 1.165) is 29.0 Å².